The second-order valence-electron chi connectivity index (χ2n) is 8.97. The van der Waals surface area contributed by atoms with Crippen LogP contribution in [0.25, 0.3) is 0 Å². The molecule has 1 saturated carbocycles. The molecule has 12 heteroatoms. The number of halogens is 1. The SMILES string of the molecule is COC(C)(C)C#CCn1ccc(C(=O)c2cncnc2C[C@@H]2C[C@H](COS(N)(=O)=O)[C@@H](O)[C@@H]2F)c1. The highest BCUT2D eigenvalue weighted by molar-refractivity contribution is 7.84. The van der Waals surface area contributed by atoms with Gasteiger partial charge in [0.2, 0.25) is 0 Å². The number of carbonyl (C=O) groups excluding carboxylic acids is 1. The first-order valence-electron chi connectivity index (χ1n) is 10.9. The van der Waals surface area contributed by atoms with Gasteiger partial charge in [0.1, 0.15) is 18.1 Å². The summed E-state index contributed by atoms with van der Waals surface area (Å²) in [6.07, 6.45) is 3.18. The predicted octanol–water partition coefficient (Wildman–Crippen LogP) is 1.04. The van der Waals surface area contributed by atoms with Gasteiger partial charge in [0.15, 0.2) is 5.78 Å². The summed E-state index contributed by atoms with van der Waals surface area (Å²) in [6.45, 7) is 3.64. The summed E-state index contributed by atoms with van der Waals surface area (Å²) in [5.74, 6) is 4.24. The van der Waals surface area contributed by atoms with Gasteiger partial charge in [0.25, 0.3) is 0 Å². The lowest BCUT2D eigenvalue weighted by Gasteiger charge is -2.15. The lowest BCUT2D eigenvalue weighted by Crippen LogP contribution is -2.29. The maximum absolute atomic E-state index is 14.8. The van der Waals surface area contributed by atoms with E-state index in [9.17, 15) is 22.7 Å². The number of nitrogens with two attached hydrogens (primary N) is 1. The molecule has 1 fully saturated rings. The highest BCUT2D eigenvalue weighted by Crippen LogP contribution is 2.36. The molecule has 0 amide bonds. The Kier molecular flexibility index (Phi) is 8.40. The number of aliphatic hydroxyl groups is 1. The number of ketones is 1. The Labute approximate surface area is 203 Å². The molecular weight excluding hydrogens is 479 g/mol. The van der Waals surface area contributed by atoms with Crippen molar-refractivity contribution in [1.82, 2.24) is 14.5 Å². The Morgan fingerprint density at radius 3 is 2.83 bits per heavy atom. The largest absolute Gasteiger partial charge is 0.390 e. The van der Waals surface area contributed by atoms with Crippen molar-refractivity contribution in [2.24, 2.45) is 17.0 Å². The number of ether oxygens (including phenoxy) is 1. The number of aromatic nitrogens is 3. The van der Waals surface area contributed by atoms with Crippen molar-refractivity contribution in [1.29, 1.82) is 0 Å². The molecule has 4 atom stereocenters. The van der Waals surface area contributed by atoms with Gasteiger partial charge in [-0.1, -0.05) is 11.8 Å². The Morgan fingerprint density at radius 2 is 2.14 bits per heavy atom. The number of nitrogens with zero attached hydrogens (tertiary/aromatic N) is 3. The number of aliphatic hydroxyl groups excluding tert-OH is 1. The minimum atomic E-state index is -4.21. The van der Waals surface area contributed by atoms with E-state index in [0.29, 0.717) is 17.8 Å². The number of hydrogen-bond donors (Lipinski definition) is 2. The van der Waals surface area contributed by atoms with E-state index in [4.69, 9.17) is 9.88 Å². The summed E-state index contributed by atoms with van der Waals surface area (Å²) in [4.78, 5) is 21.3. The summed E-state index contributed by atoms with van der Waals surface area (Å²) in [5, 5.41) is 15.0. The molecule has 3 rings (SSSR count). The van der Waals surface area contributed by atoms with E-state index in [2.05, 4.69) is 26.0 Å². The molecule has 2 aromatic rings. The van der Waals surface area contributed by atoms with Crippen LogP contribution in [0.4, 0.5) is 4.39 Å². The van der Waals surface area contributed by atoms with Crippen molar-refractivity contribution in [3.05, 3.63) is 47.8 Å². The maximum Gasteiger partial charge on any atom is 0.333 e. The van der Waals surface area contributed by atoms with E-state index in [1.165, 1.54) is 12.5 Å². The van der Waals surface area contributed by atoms with Crippen LogP contribution >= 0.6 is 0 Å². The van der Waals surface area contributed by atoms with Crippen LogP contribution < -0.4 is 5.14 Å². The van der Waals surface area contributed by atoms with Gasteiger partial charge in [-0.05, 0) is 38.7 Å². The predicted molar refractivity (Wildman–Crippen MR) is 124 cm³/mol. The third kappa shape index (κ3) is 7.16. The summed E-state index contributed by atoms with van der Waals surface area (Å²) in [5.41, 5.74) is 0.389. The smallest absolute Gasteiger partial charge is 0.333 e. The van der Waals surface area contributed by atoms with E-state index in [1.54, 1.807) is 30.1 Å². The molecule has 190 valence electrons. The molecule has 0 aromatic carbocycles. The van der Waals surface area contributed by atoms with Crippen LogP contribution in [0, 0.1) is 23.7 Å². The minimum absolute atomic E-state index is 0.0615. The third-order valence-corrected chi connectivity index (χ3v) is 6.45. The standard InChI is InChI=1S/C23H29FN4O6S/c1-23(2,33-3)6-4-7-28-8-5-15(12-28)21(29)18-11-26-14-27-19(18)10-16-9-17(22(30)20(16)24)13-34-35(25,31)32/h5,8,11-12,14,16-17,20,22,30H,7,9-10,13H2,1-3H3,(H2,25,31,32)/t16-,17+,20+,22+/m0/s1. The molecule has 35 heavy (non-hydrogen) atoms. The van der Waals surface area contributed by atoms with E-state index in [-0.39, 0.29) is 24.2 Å². The summed E-state index contributed by atoms with van der Waals surface area (Å²) in [7, 11) is -2.63. The zero-order valence-corrected chi connectivity index (χ0v) is 20.5. The highest BCUT2D eigenvalue weighted by Gasteiger charge is 2.43. The summed E-state index contributed by atoms with van der Waals surface area (Å²) < 4.78 is 48.4. The van der Waals surface area contributed by atoms with Crippen LogP contribution in [0.2, 0.25) is 0 Å². The first-order valence-corrected chi connectivity index (χ1v) is 12.4. The first-order chi connectivity index (χ1) is 16.4. The highest BCUT2D eigenvalue weighted by atomic mass is 32.2. The fraction of sp³-hybridized carbons (Fsp3) is 0.522. The van der Waals surface area contributed by atoms with Gasteiger partial charge in [-0.3, -0.25) is 8.98 Å². The molecule has 3 N–H and O–H groups in total. The molecule has 0 aliphatic heterocycles. The van der Waals surface area contributed by atoms with Gasteiger partial charge in [-0.2, -0.15) is 8.42 Å². The normalized spacial score (nSPS) is 22.6. The van der Waals surface area contributed by atoms with Crippen LogP contribution in [-0.4, -0.2) is 65.4 Å². The quantitative estimate of drug-likeness (QED) is 0.377. The Hall–Kier alpha value is -2.69. The second kappa shape index (κ2) is 10.9. The van der Waals surface area contributed by atoms with Gasteiger partial charge in [-0.25, -0.2) is 19.5 Å². The molecule has 0 bridgehead atoms. The lowest BCUT2D eigenvalue weighted by atomic mass is 9.95. The number of hydrogen-bond acceptors (Lipinski definition) is 8. The van der Waals surface area contributed by atoms with E-state index < -0.39 is 46.6 Å². The number of alkyl halides is 1. The Bertz CT molecular complexity index is 1220. The molecule has 0 unspecified atom stereocenters. The zero-order valence-electron chi connectivity index (χ0n) is 19.7. The van der Waals surface area contributed by atoms with Gasteiger partial charge in [0, 0.05) is 37.2 Å². The summed E-state index contributed by atoms with van der Waals surface area (Å²) in [6, 6.07) is 1.65. The van der Waals surface area contributed by atoms with Crippen LogP contribution in [0.5, 0.6) is 0 Å². The first kappa shape index (κ1) is 26.9. The Morgan fingerprint density at radius 1 is 1.40 bits per heavy atom. The average Bonchev–Trinajstić information content (AvgIpc) is 3.37. The Balaban J connectivity index is 1.72. The fourth-order valence-corrected chi connectivity index (χ4v) is 4.29. The van der Waals surface area contributed by atoms with Crippen molar-refractivity contribution in [3.8, 4) is 11.8 Å². The minimum Gasteiger partial charge on any atom is -0.390 e. The average molecular weight is 509 g/mol. The second-order valence-corrected chi connectivity index (χ2v) is 10.2. The molecule has 1 aliphatic rings. The zero-order chi connectivity index (χ0) is 25.8. The van der Waals surface area contributed by atoms with Crippen LogP contribution in [0.1, 0.15) is 41.9 Å². The van der Waals surface area contributed by atoms with Crippen LogP contribution in [0.15, 0.2) is 31.0 Å². The van der Waals surface area contributed by atoms with Crippen LogP contribution in [0.3, 0.4) is 0 Å². The van der Waals surface area contributed by atoms with Crippen LogP contribution in [-0.2, 0) is 32.2 Å². The number of rotatable bonds is 9. The van der Waals surface area contributed by atoms with Crippen molar-refractivity contribution in [3.63, 3.8) is 0 Å². The topological polar surface area (TPSA) is 147 Å². The van der Waals surface area contributed by atoms with E-state index >= 15 is 0 Å². The molecule has 1 aliphatic carbocycles. The van der Waals surface area contributed by atoms with E-state index in [1.807, 2.05) is 13.8 Å². The monoisotopic (exact) mass is 508 g/mol. The molecule has 0 radical (unpaired) electrons. The van der Waals surface area contributed by atoms with Gasteiger partial charge in [0.05, 0.1) is 30.5 Å². The van der Waals surface area contributed by atoms with Gasteiger partial charge < -0.3 is 14.4 Å². The molecule has 0 spiro atoms. The van der Waals surface area contributed by atoms with Crippen molar-refractivity contribution in [2.45, 2.75) is 51.1 Å². The lowest BCUT2D eigenvalue weighted by molar-refractivity contribution is 0.0438. The van der Waals surface area contributed by atoms with Crippen molar-refractivity contribution < 1.29 is 31.6 Å². The molecule has 2 heterocycles. The molecular formula is C23H29FN4O6S. The van der Waals surface area contributed by atoms with Crippen molar-refractivity contribution >= 4 is 16.1 Å². The maximum atomic E-state index is 14.8. The van der Waals surface area contributed by atoms with Crippen molar-refractivity contribution in [2.75, 3.05) is 13.7 Å². The van der Waals surface area contributed by atoms with Gasteiger partial charge in [-0.15, -0.1) is 0 Å². The molecule has 0 saturated heterocycles. The number of methoxy groups -OCH3 is 1. The number of carbonyl (C=O) groups is 1. The molecule has 2 aromatic heterocycles. The summed E-state index contributed by atoms with van der Waals surface area (Å²) >= 11 is 0. The third-order valence-electron chi connectivity index (χ3n) is 5.98. The fourth-order valence-electron chi connectivity index (χ4n) is 3.92. The van der Waals surface area contributed by atoms with E-state index in [0.717, 1.165) is 0 Å². The van der Waals surface area contributed by atoms with Gasteiger partial charge >= 0.3 is 10.3 Å². The molecule has 10 nitrogen and oxygen atoms in total.